The minimum absolute atomic E-state index is 0.0763. The number of hydrogen-bond donors (Lipinski definition) is 6. The van der Waals surface area contributed by atoms with E-state index in [9.17, 15) is 29.1 Å². The molecule has 2 heterocycles. The summed E-state index contributed by atoms with van der Waals surface area (Å²) in [5, 5.41) is 21.6. The van der Waals surface area contributed by atoms with Crippen LogP contribution in [0.2, 0.25) is 0 Å². The first kappa shape index (κ1) is 41.0. The van der Waals surface area contributed by atoms with Gasteiger partial charge in [-0.25, -0.2) is 4.98 Å². The SMILES string of the molecule is COc1ccc2cc1Oc1cccc(OC)c1CNC(=O)[C@@H](C(C)C)NC(=O)[C@H]([C@@H](C)O)NC(=O)CN(C(=O)c1ccc3nc(C)[nH]c3c1)CCCCNC2=O. The number of rotatable bonds is 5. The number of aliphatic hydroxyl groups excluding tert-OH is 1. The fourth-order valence-corrected chi connectivity index (χ4v) is 6.32. The lowest BCUT2D eigenvalue weighted by Gasteiger charge is -2.28. The van der Waals surface area contributed by atoms with E-state index in [4.69, 9.17) is 14.2 Å². The van der Waals surface area contributed by atoms with Crippen molar-refractivity contribution >= 4 is 40.6 Å². The molecule has 4 aromatic rings. The summed E-state index contributed by atoms with van der Waals surface area (Å²) in [6, 6.07) is 12.3. The standard InChI is InChI=1S/C40H49N7O9/c1-22(2)35-38(51)42-20-27-30(54-5)10-9-11-31(27)56-33-19-25(13-15-32(33)55-6)37(50)41-16-7-8-17-47(21-34(49)45-36(23(3)48)39(52)46-35)40(53)26-12-14-28-29(18-26)44-24(4)43-28/h9-15,18-19,22-23,35-36,48H,7-8,16-17,20-21H2,1-6H3,(H,41,50)(H,42,51)(H,43,44)(H,45,49)(H,46,52)/t23-,35-,36+/m1/s1. The lowest BCUT2D eigenvalue weighted by atomic mass is 10.0. The van der Waals surface area contributed by atoms with Gasteiger partial charge in [-0.05, 0) is 81.1 Å². The van der Waals surface area contributed by atoms with Crippen LogP contribution in [0.25, 0.3) is 11.0 Å². The normalized spacial score (nSPS) is 18.5. The second-order valence-corrected chi connectivity index (χ2v) is 13.9. The molecule has 0 saturated heterocycles. The highest BCUT2D eigenvalue weighted by Gasteiger charge is 2.32. The summed E-state index contributed by atoms with van der Waals surface area (Å²) in [5.41, 5.74) is 2.42. The first-order valence-electron chi connectivity index (χ1n) is 18.4. The fourth-order valence-electron chi connectivity index (χ4n) is 6.32. The molecule has 16 nitrogen and oxygen atoms in total. The van der Waals surface area contributed by atoms with Crippen LogP contribution in [0, 0.1) is 12.8 Å². The molecule has 0 unspecified atom stereocenters. The molecule has 3 aromatic carbocycles. The van der Waals surface area contributed by atoms with Crippen molar-refractivity contribution < 1.29 is 43.3 Å². The second kappa shape index (κ2) is 18.4. The number of methoxy groups -OCH3 is 2. The van der Waals surface area contributed by atoms with Crippen molar-refractivity contribution in [2.24, 2.45) is 5.92 Å². The van der Waals surface area contributed by atoms with Crippen LogP contribution in [0.3, 0.4) is 0 Å². The Morgan fingerprint density at radius 1 is 0.893 bits per heavy atom. The first-order valence-corrected chi connectivity index (χ1v) is 18.4. The van der Waals surface area contributed by atoms with E-state index < -0.39 is 54.3 Å². The summed E-state index contributed by atoms with van der Waals surface area (Å²) < 4.78 is 17.4. The average Bonchev–Trinajstić information content (AvgIpc) is 3.55. The minimum Gasteiger partial charge on any atom is -0.496 e. The number of amides is 5. The highest BCUT2D eigenvalue weighted by molar-refractivity contribution is 6.00. The van der Waals surface area contributed by atoms with E-state index in [-0.39, 0.29) is 31.3 Å². The first-order chi connectivity index (χ1) is 26.8. The van der Waals surface area contributed by atoms with Crippen molar-refractivity contribution in [2.75, 3.05) is 33.9 Å². The van der Waals surface area contributed by atoms with Crippen LogP contribution >= 0.6 is 0 Å². The summed E-state index contributed by atoms with van der Waals surface area (Å²) in [5.74, 6) is -1.25. The summed E-state index contributed by atoms with van der Waals surface area (Å²) in [6.07, 6.45) is -0.490. The van der Waals surface area contributed by atoms with E-state index >= 15 is 0 Å². The Hall–Kier alpha value is -6.16. The van der Waals surface area contributed by atoms with Gasteiger partial charge >= 0.3 is 0 Å². The molecular formula is C40H49N7O9. The maximum absolute atomic E-state index is 13.9. The number of nitrogens with zero attached hydrogens (tertiary/aromatic N) is 2. The van der Waals surface area contributed by atoms with Crippen molar-refractivity contribution in [3.05, 3.63) is 77.1 Å². The van der Waals surface area contributed by atoms with Crippen LogP contribution in [0.15, 0.2) is 54.6 Å². The topological polar surface area (TPSA) is 213 Å². The van der Waals surface area contributed by atoms with Gasteiger partial charge in [-0.15, -0.1) is 0 Å². The van der Waals surface area contributed by atoms with E-state index in [0.29, 0.717) is 63.6 Å². The van der Waals surface area contributed by atoms with Crippen LogP contribution in [0.5, 0.6) is 23.0 Å². The van der Waals surface area contributed by atoms with Crippen LogP contribution in [-0.2, 0) is 20.9 Å². The molecule has 1 aromatic heterocycles. The summed E-state index contributed by atoms with van der Waals surface area (Å²) in [6.45, 7) is 6.50. The van der Waals surface area contributed by atoms with Crippen molar-refractivity contribution in [3.63, 3.8) is 0 Å². The molecule has 298 valence electrons. The molecule has 0 fully saturated rings. The molecule has 5 rings (SSSR count). The van der Waals surface area contributed by atoms with Gasteiger partial charge in [0.05, 0.1) is 50.0 Å². The lowest BCUT2D eigenvalue weighted by molar-refractivity contribution is -0.135. The zero-order valence-corrected chi connectivity index (χ0v) is 32.4. The van der Waals surface area contributed by atoms with Gasteiger partial charge < -0.3 is 50.5 Å². The quantitative estimate of drug-likeness (QED) is 0.175. The van der Waals surface area contributed by atoms with Gasteiger partial charge in [-0.3, -0.25) is 24.0 Å². The number of aromatic nitrogens is 2. The molecular weight excluding hydrogens is 722 g/mol. The average molecular weight is 772 g/mol. The van der Waals surface area contributed by atoms with E-state index in [1.807, 2.05) is 0 Å². The third kappa shape index (κ3) is 9.92. The maximum Gasteiger partial charge on any atom is 0.254 e. The van der Waals surface area contributed by atoms with Gasteiger partial charge in [0.15, 0.2) is 11.5 Å². The number of aromatic amines is 1. The largest absolute Gasteiger partial charge is 0.496 e. The third-order valence-corrected chi connectivity index (χ3v) is 9.33. The van der Waals surface area contributed by atoms with E-state index in [1.165, 1.54) is 26.0 Å². The van der Waals surface area contributed by atoms with Gasteiger partial charge in [0.1, 0.15) is 29.4 Å². The number of aliphatic hydroxyl groups is 1. The molecule has 16 heteroatoms. The number of aryl methyl sites for hydroxylation is 1. The van der Waals surface area contributed by atoms with Crippen molar-refractivity contribution in [1.29, 1.82) is 0 Å². The molecule has 5 amide bonds. The second-order valence-electron chi connectivity index (χ2n) is 13.9. The molecule has 0 spiro atoms. The van der Waals surface area contributed by atoms with Gasteiger partial charge in [0.25, 0.3) is 11.8 Å². The van der Waals surface area contributed by atoms with E-state index in [1.54, 1.807) is 75.4 Å². The number of ether oxygens (including phenoxy) is 3. The van der Waals surface area contributed by atoms with Crippen LogP contribution in [0.4, 0.5) is 0 Å². The molecule has 0 aliphatic carbocycles. The zero-order valence-electron chi connectivity index (χ0n) is 32.4. The summed E-state index contributed by atoms with van der Waals surface area (Å²) in [4.78, 5) is 76.9. The molecule has 0 saturated carbocycles. The Labute approximate surface area is 324 Å². The molecule has 2 bridgehead atoms. The van der Waals surface area contributed by atoms with Crippen molar-refractivity contribution in [3.8, 4) is 23.0 Å². The van der Waals surface area contributed by atoms with Gasteiger partial charge in [-0.1, -0.05) is 19.9 Å². The number of benzene rings is 3. The third-order valence-electron chi connectivity index (χ3n) is 9.33. The Balaban J connectivity index is 1.46. The molecule has 1 aliphatic rings. The predicted octanol–water partition coefficient (Wildman–Crippen LogP) is 2.97. The fraction of sp³-hybridized carbons (Fsp3) is 0.400. The number of hydrogen-bond acceptors (Lipinski definition) is 10. The highest BCUT2D eigenvalue weighted by atomic mass is 16.5. The summed E-state index contributed by atoms with van der Waals surface area (Å²) >= 11 is 0. The van der Waals surface area contributed by atoms with Crippen LogP contribution < -0.4 is 35.5 Å². The lowest BCUT2D eigenvalue weighted by Crippen LogP contribution is -2.59. The number of H-pyrrole nitrogens is 1. The predicted molar refractivity (Wildman–Crippen MR) is 207 cm³/mol. The number of nitrogens with one attached hydrogen (secondary N) is 5. The van der Waals surface area contributed by atoms with Gasteiger partial charge in [0.2, 0.25) is 17.7 Å². The molecule has 1 aliphatic heterocycles. The number of imidazole rings is 1. The maximum atomic E-state index is 13.9. The smallest absolute Gasteiger partial charge is 0.254 e. The van der Waals surface area contributed by atoms with Gasteiger partial charge in [0, 0.05) is 24.2 Å². The van der Waals surface area contributed by atoms with Crippen molar-refractivity contribution in [1.82, 2.24) is 36.1 Å². The Kier molecular flexibility index (Phi) is 13.5. The van der Waals surface area contributed by atoms with E-state index in [2.05, 4.69) is 31.2 Å². The Morgan fingerprint density at radius 3 is 2.38 bits per heavy atom. The monoisotopic (exact) mass is 771 g/mol. The zero-order chi connectivity index (χ0) is 40.5. The Morgan fingerprint density at radius 2 is 1.66 bits per heavy atom. The van der Waals surface area contributed by atoms with Crippen molar-refractivity contribution in [2.45, 2.75) is 65.3 Å². The number of fused-ring (bicyclic) bond motifs is 4. The van der Waals surface area contributed by atoms with E-state index in [0.717, 1.165) is 0 Å². The van der Waals surface area contributed by atoms with Crippen LogP contribution in [-0.4, -0.2) is 102 Å². The summed E-state index contributed by atoms with van der Waals surface area (Å²) in [7, 11) is 2.95. The van der Waals surface area contributed by atoms with Crippen LogP contribution in [0.1, 0.15) is 65.7 Å². The highest BCUT2D eigenvalue weighted by Crippen LogP contribution is 2.37. The minimum atomic E-state index is -1.45. The molecule has 0 radical (unpaired) electrons. The Bertz CT molecular complexity index is 2080. The molecule has 6 N–H and O–H groups in total. The number of carbonyl (C=O) groups excluding carboxylic acids is 5. The molecule has 3 atom stereocenters. The molecule has 56 heavy (non-hydrogen) atoms. The number of carbonyl (C=O) groups is 5. The van der Waals surface area contributed by atoms with Gasteiger partial charge in [-0.2, -0.15) is 0 Å².